The summed E-state index contributed by atoms with van der Waals surface area (Å²) < 4.78 is 27.9. The van der Waals surface area contributed by atoms with Crippen molar-refractivity contribution in [2.75, 3.05) is 0 Å². The Morgan fingerprint density at radius 1 is 1.24 bits per heavy atom. The monoisotopic (exact) mass is 370 g/mol. The fourth-order valence-corrected chi connectivity index (χ4v) is 4.19. The molecule has 0 amide bonds. The van der Waals surface area contributed by atoms with Crippen LogP contribution < -0.4 is 0 Å². The molecule has 110 valence electrons. The molecule has 0 aliphatic carbocycles. The van der Waals surface area contributed by atoms with Crippen LogP contribution in [0.2, 0.25) is 0 Å². The second-order valence-corrected chi connectivity index (χ2v) is 7.20. The summed E-state index contributed by atoms with van der Waals surface area (Å²) in [5.41, 5.74) is 1.12. The predicted molar refractivity (Wildman–Crippen MR) is 83.6 cm³/mol. The van der Waals surface area contributed by atoms with Crippen molar-refractivity contribution in [3.8, 4) is 0 Å². The molecule has 2 aromatic carbocycles. The third kappa shape index (κ3) is 3.00. The summed E-state index contributed by atoms with van der Waals surface area (Å²) in [4.78, 5) is 1.14. The van der Waals surface area contributed by atoms with E-state index in [-0.39, 0.29) is 21.7 Å². The molecular formula is C16H13BrF2OS. The number of halogens is 3. The van der Waals surface area contributed by atoms with E-state index in [0.717, 1.165) is 11.3 Å². The van der Waals surface area contributed by atoms with Crippen LogP contribution in [0, 0.1) is 11.6 Å². The van der Waals surface area contributed by atoms with Gasteiger partial charge in [0.25, 0.3) is 0 Å². The van der Waals surface area contributed by atoms with Gasteiger partial charge in [0, 0.05) is 22.1 Å². The molecule has 1 nitrogen and oxygen atoms in total. The fourth-order valence-electron chi connectivity index (χ4n) is 2.52. The average Bonchev–Trinajstić information content (AvgIpc) is 2.91. The first-order valence-electron chi connectivity index (χ1n) is 6.61. The SMILES string of the molecule is OC(Cc1c(F)ccc(Br)c1F)C1Cc2ccccc2S1. The van der Waals surface area contributed by atoms with Crippen molar-refractivity contribution in [2.45, 2.75) is 29.1 Å². The second kappa shape index (κ2) is 6.07. The molecule has 2 aromatic rings. The van der Waals surface area contributed by atoms with Crippen LogP contribution >= 0.6 is 27.7 Å². The second-order valence-electron chi connectivity index (χ2n) is 5.06. The van der Waals surface area contributed by atoms with Crippen molar-refractivity contribution in [3.05, 3.63) is 63.6 Å². The lowest BCUT2D eigenvalue weighted by Gasteiger charge is -2.18. The summed E-state index contributed by atoms with van der Waals surface area (Å²) >= 11 is 4.62. The van der Waals surface area contributed by atoms with E-state index in [1.54, 1.807) is 11.8 Å². The van der Waals surface area contributed by atoms with Gasteiger partial charge in [-0.3, -0.25) is 0 Å². The van der Waals surface area contributed by atoms with Gasteiger partial charge in [-0.25, -0.2) is 8.78 Å². The standard InChI is InChI=1S/C16H13BrF2OS/c17-11-5-6-12(18)10(16(11)19)8-13(20)15-7-9-3-1-2-4-14(9)21-15/h1-6,13,15,20H,7-8H2. The summed E-state index contributed by atoms with van der Waals surface area (Å²) in [6, 6.07) is 10.5. The summed E-state index contributed by atoms with van der Waals surface area (Å²) in [5, 5.41) is 10.3. The molecule has 5 heteroatoms. The van der Waals surface area contributed by atoms with Crippen LogP contribution in [0.15, 0.2) is 45.8 Å². The van der Waals surface area contributed by atoms with Crippen LogP contribution in [0.4, 0.5) is 8.78 Å². The molecule has 0 saturated heterocycles. The Hall–Kier alpha value is -0.910. The fraction of sp³-hybridized carbons (Fsp3) is 0.250. The lowest BCUT2D eigenvalue weighted by Crippen LogP contribution is -2.26. The molecule has 0 saturated carbocycles. The lowest BCUT2D eigenvalue weighted by molar-refractivity contribution is 0.169. The maximum Gasteiger partial charge on any atom is 0.143 e. The molecule has 0 spiro atoms. The number of benzene rings is 2. The van der Waals surface area contributed by atoms with E-state index in [9.17, 15) is 13.9 Å². The zero-order valence-corrected chi connectivity index (χ0v) is 13.4. The minimum atomic E-state index is -0.791. The zero-order valence-electron chi connectivity index (χ0n) is 11.0. The number of thioether (sulfide) groups is 1. The highest BCUT2D eigenvalue weighted by molar-refractivity contribution is 9.10. The Morgan fingerprint density at radius 3 is 2.76 bits per heavy atom. The van der Waals surface area contributed by atoms with Gasteiger partial charge in [-0.15, -0.1) is 11.8 Å². The highest BCUT2D eigenvalue weighted by Crippen LogP contribution is 2.39. The molecule has 0 bridgehead atoms. The lowest BCUT2D eigenvalue weighted by atomic mass is 10.0. The number of hydrogen-bond donors (Lipinski definition) is 1. The van der Waals surface area contributed by atoms with Crippen LogP contribution in [-0.2, 0) is 12.8 Å². The highest BCUT2D eigenvalue weighted by Gasteiger charge is 2.29. The van der Waals surface area contributed by atoms with Gasteiger partial charge in [-0.05, 0) is 46.1 Å². The van der Waals surface area contributed by atoms with E-state index in [1.165, 1.54) is 17.7 Å². The smallest absolute Gasteiger partial charge is 0.143 e. The number of rotatable bonds is 3. The number of aliphatic hydroxyl groups excluding tert-OH is 1. The maximum absolute atomic E-state index is 14.0. The van der Waals surface area contributed by atoms with Crippen LogP contribution in [0.5, 0.6) is 0 Å². The average molecular weight is 371 g/mol. The molecule has 2 atom stereocenters. The molecule has 1 N–H and O–H groups in total. The summed E-state index contributed by atoms with van der Waals surface area (Å²) in [7, 11) is 0. The van der Waals surface area contributed by atoms with Crippen molar-refractivity contribution in [1.29, 1.82) is 0 Å². The van der Waals surface area contributed by atoms with E-state index >= 15 is 0 Å². The Labute approximate surface area is 134 Å². The molecule has 3 rings (SSSR count). The third-order valence-corrected chi connectivity index (χ3v) is 5.70. The first-order chi connectivity index (χ1) is 10.1. The predicted octanol–water partition coefficient (Wildman–Crippen LogP) is 4.35. The van der Waals surface area contributed by atoms with Gasteiger partial charge in [-0.1, -0.05) is 18.2 Å². The topological polar surface area (TPSA) is 20.2 Å². The van der Waals surface area contributed by atoms with Crippen molar-refractivity contribution in [3.63, 3.8) is 0 Å². The Morgan fingerprint density at radius 2 is 2.00 bits per heavy atom. The largest absolute Gasteiger partial charge is 0.392 e. The number of hydrogen-bond acceptors (Lipinski definition) is 2. The minimum absolute atomic E-state index is 0.0250. The normalized spacial score (nSPS) is 18.6. The first-order valence-corrected chi connectivity index (χ1v) is 8.28. The number of fused-ring (bicyclic) bond motifs is 1. The molecule has 1 aliphatic rings. The van der Waals surface area contributed by atoms with E-state index in [0.29, 0.717) is 0 Å². The van der Waals surface area contributed by atoms with Crippen LogP contribution in [0.3, 0.4) is 0 Å². The van der Waals surface area contributed by atoms with Gasteiger partial charge < -0.3 is 5.11 Å². The van der Waals surface area contributed by atoms with Gasteiger partial charge in [-0.2, -0.15) is 0 Å². The molecule has 0 aromatic heterocycles. The van der Waals surface area contributed by atoms with E-state index < -0.39 is 17.7 Å². The molecule has 0 radical (unpaired) electrons. The maximum atomic E-state index is 14.0. The quantitative estimate of drug-likeness (QED) is 0.810. The van der Waals surface area contributed by atoms with Crippen molar-refractivity contribution >= 4 is 27.7 Å². The molecular weight excluding hydrogens is 358 g/mol. The van der Waals surface area contributed by atoms with Crippen LogP contribution in [-0.4, -0.2) is 16.5 Å². The summed E-state index contributed by atoms with van der Waals surface area (Å²) in [6.45, 7) is 0. The highest BCUT2D eigenvalue weighted by atomic mass is 79.9. The van der Waals surface area contributed by atoms with E-state index in [4.69, 9.17) is 0 Å². The Balaban J connectivity index is 1.77. The molecule has 1 heterocycles. The van der Waals surface area contributed by atoms with E-state index in [2.05, 4.69) is 15.9 Å². The van der Waals surface area contributed by atoms with Gasteiger partial charge in [0.2, 0.25) is 0 Å². The van der Waals surface area contributed by atoms with Crippen molar-refractivity contribution < 1.29 is 13.9 Å². The molecule has 0 fully saturated rings. The van der Waals surface area contributed by atoms with Crippen molar-refractivity contribution in [1.82, 2.24) is 0 Å². The molecule has 1 aliphatic heterocycles. The van der Waals surface area contributed by atoms with Gasteiger partial charge in [0.1, 0.15) is 11.6 Å². The van der Waals surface area contributed by atoms with Gasteiger partial charge in [0.15, 0.2) is 0 Å². The third-order valence-electron chi connectivity index (χ3n) is 3.65. The number of aliphatic hydroxyl groups is 1. The molecule has 21 heavy (non-hydrogen) atoms. The van der Waals surface area contributed by atoms with Crippen molar-refractivity contribution in [2.24, 2.45) is 0 Å². The minimum Gasteiger partial charge on any atom is -0.392 e. The van der Waals surface area contributed by atoms with Crippen LogP contribution in [0.1, 0.15) is 11.1 Å². The summed E-state index contributed by atoms with van der Waals surface area (Å²) in [6.07, 6.45) is -0.0946. The Kier molecular flexibility index (Phi) is 4.33. The Bertz CT molecular complexity index is 652. The first kappa shape index (κ1) is 15.0. The van der Waals surface area contributed by atoms with Gasteiger partial charge in [0.05, 0.1) is 10.6 Å². The molecule has 2 unspecified atom stereocenters. The van der Waals surface area contributed by atoms with E-state index in [1.807, 2.05) is 24.3 Å². The van der Waals surface area contributed by atoms with Crippen LogP contribution in [0.25, 0.3) is 0 Å². The van der Waals surface area contributed by atoms with Gasteiger partial charge >= 0.3 is 0 Å². The summed E-state index contributed by atoms with van der Waals surface area (Å²) in [5.74, 6) is -1.25. The zero-order chi connectivity index (χ0) is 15.0.